The topological polar surface area (TPSA) is 141 Å². The highest BCUT2D eigenvalue weighted by atomic mass is 19.3. The summed E-state index contributed by atoms with van der Waals surface area (Å²) in [5, 5.41) is 11.8. The van der Waals surface area contributed by atoms with Crippen molar-refractivity contribution in [2.24, 2.45) is 7.05 Å². The molecule has 0 atom stereocenters. The predicted octanol–water partition coefficient (Wildman–Crippen LogP) is 8.03. The Balaban J connectivity index is 0.862. The van der Waals surface area contributed by atoms with Crippen LogP contribution in [0.15, 0.2) is 85.3 Å². The van der Waals surface area contributed by atoms with Crippen molar-refractivity contribution in [1.29, 1.82) is 0 Å². The minimum atomic E-state index is -2.71. The van der Waals surface area contributed by atoms with Crippen LogP contribution in [0.3, 0.4) is 0 Å². The summed E-state index contributed by atoms with van der Waals surface area (Å²) in [6.07, 6.45) is 6.43. The summed E-state index contributed by atoms with van der Waals surface area (Å²) in [4.78, 5) is 61.9. The standard InChI is InChI=1S/C48H48F2N10O4/c1-29(61)57-22-16-42-40(28-57)46(59-19-3-4-31-24-36(37(45(49)50)25-43(31)59)39-27-55(2)41-13-18-51-26-38(39)41)54-60(42)35-14-20-56(21-15-35)47(63)30-5-7-32(8-6-30)52-33-9-11-34(12-10-33)58-23-17-44(62)53-48(58)64/h5-13,18,24-27,35,45,52H,3-4,14-17,19-23,28H2,1-2H3,(H,53,62,64). The number of alkyl halides is 2. The molecule has 0 unspecified atom stereocenters. The number of hydrogen-bond acceptors (Lipinski definition) is 8. The number of carbonyl (C=O) groups excluding carboxylic acids is 4. The number of nitrogens with one attached hydrogen (secondary N) is 2. The predicted molar refractivity (Wildman–Crippen MR) is 239 cm³/mol. The molecule has 0 bridgehead atoms. The van der Waals surface area contributed by atoms with Crippen LogP contribution in [0.1, 0.15) is 77.8 Å². The van der Waals surface area contributed by atoms with E-state index in [9.17, 15) is 19.2 Å². The molecule has 0 radical (unpaired) electrons. The lowest BCUT2D eigenvalue weighted by molar-refractivity contribution is -0.129. The fourth-order valence-corrected chi connectivity index (χ4v) is 9.84. The van der Waals surface area contributed by atoms with Crippen LogP contribution in [-0.2, 0) is 36.0 Å². The van der Waals surface area contributed by atoms with Gasteiger partial charge in [0, 0.05) is 134 Å². The van der Waals surface area contributed by atoms with Gasteiger partial charge in [-0.05, 0) is 104 Å². The molecule has 16 heteroatoms. The van der Waals surface area contributed by atoms with Crippen LogP contribution < -0.4 is 20.4 Å². The number of anilines is 5. The van der Waals surface area contributed by atoms with Crippen molar-refractivity contribution in [1.82, 2.24) is 34.4 Å². The summed E-state index contributed by atoms with van der Waals surface area (Å²) in [6, 6.07) is 19.8. The number of aromatic nitrogens is 4. The molecule has 328 valence electrons. The molecular weight excluding hydrogens is 819 g/mol. The smallest absolute Gasteiger partial charge is 0.328 e. The van der Waals surface area contributed by atoms with Gasteiger partial charge >= 0.3 is 6.03 Å². The van der Waals surface area contributed by atoms with E-state index in [1.54, 1.807) is 25.4 Å². The largest absolute Gasteiger partial charge is 0.356 e. The normalized spacial score (nSPS) is 16.9. The molecule has 4 aliphatic rings. The lowest BCUT2D eigenvalue weighted by Crippen LogP contribution is -2.49. The SMILES string of the molecule is CC(=O)N1CCc2c(c(N3CCCc4cc(-c5cn(C)c6ccncc56)c(C(F)F)cc43)nn2C2CCN(C(=O)c3ccc(Nc4ccc(N5CCC(=O)NC5=O)cc4)cc3)CC2)C1. The van der Waals surface area contributed by atoms with E-state index in [2.05, 4.69) is 25.2 Å². The number of piperidine rings is 1. The molecule has 64 heavy (non-hydrogen) atoms. The number of urea groups is 1. The second-order valence-corrected chi connectivity index (χ2v) is 17.1. The number of pyridine rings is 1. The molecule has 3 aromatic heterocycles. The Labute approximate surface area is 368 Å². The number of rotatable bonds is 8. The maximum Gasteiger partial charge on any atom is 0.328 e. The third kappa shape index (κ3) is 7.49. The minimum Gasteiger partial charge on any atom is -0.356 e. The van der Waals surface area contributed by atoms with Crippen molar-refractivity contribution in [3.8, 4) is 11.1 Å². The van der Waals surface area contributed by atoms with E-state index in [0.717, 1.165) is 63.2 Å². The highest BCUT2D eigenvalue weighted by Crippen LogP contribution is 2.45. The maximum absolute atomic E-state index is 15.1. The third-order valence-corrected chi connectivity index (χ3v) is 13.2. The Hall–Kier alpha value is -7.10. The minimum absolute atomic E-state index is 0.0170. The van der Waals surface area contributed by atoms with Crippen molar-refractivity contribution in [3.63, 3.8) is 0 Å². The quantitative estimate of drug-likeness (QED) is 0.157. The van der Waals surface area contributed by atoms with E-state index in [0.29, 0.717) is 81.2 Å². The molecule has 6 aromatic rings. The number of aryl methyl sites for hydroxylation is 2. The van der Waals surface area contributed by atoms with E-state index in [4.69, 9.17) is 5.10 Å². The van der Waals surface area contributed by atoms with Crippen LogP contribution in [0.4, 0.5) is 42.1 Å². The Morgan fingerprint density at radius 3 is 2.31 bits per heavy atom. The van der Waals surface area contributed by atoms with Gasteiger partial charge in [-0.15, -0.1) is 0 Å². The van der Waals surface area contributed by atoms with Gasteiger partial charge in [-0.3, -0.25) is 34.3 Å². The first-order valence-electron chi connectivity index (χ1n) is 21.9. The molecule has 2 saturated heterocycles. The number of nitrogens with zero attached hydrogens (tertiary/aromatic N) is 8. The van der Waals surface area contributed by atoms with Crippen LogP contribution in [0, 0.1) is 0 Å². The van der Waals surface area contributed by atoms with E-state index in [-0.39, 0.29) is 35.7 Å². The zero-order valence-electron chi connectivity index (χ0n) is 35.7. The second kappa shape index (κ2) is 16.5. The summed E-state index contributed by atoms with van der Waals surface area (Å²) in [7, 11) is 1.91. The Bertz CT molecular complexity index is 2810. The Morgan fingerprint density at radius 2 is 1.59 bits per heavy atom. The second-order valence-electron chi connectivity index (χ2n) is 17.1. The van der Waals surface area contributed by atoms with Gasteiger partial charge in [0.2, 0.25) is 11.8 Å². The van der Waals surface area contributed by atoms with Gasteiger partial charge < -0.3 is 24.6 Å². The molecule has 10 rings (SSSR count). The van der Waals surface area contributed by atoms with Crippen LogP contribution in [0.2, 0.25) is 0 Å². The summed E-state index contributed by atoms with van der Waals surface area (Å²) >= 11 is 0. The van der Waals surface area contributed by atoms with Crippen molar-refractivity contribution >= 4 is 63.2 Å². The van der Waals surface area contributed by atoms with Gasteiger partial charge in [0.15, 0.2) is 5.82 Å². The van der Waals surface area contributed by atoms with Crippen molar-refractivity contribution in [2.45, 2.75) is 64.5 Å². The molecule has 0 saturated carbocycles. The van der Waals surface area contributed by atoms with E-state index < -0.39 is 12.5 Å². The van der Waals surface area contributed by atoms with Gasteiger partial charge in [0.25, 0.3) is 12.3 Å². The first kappa shape index (κ1) is 40.9. The van der Waals surface area contributed by atoms with E-state index in [1.807, 2.05) is 88.3 Å². The fourth-order valence-electron chi connectivity index (χ4n) is 9.84. The zero-order chi connectivity index (χ0) is 44.2. The number of amides is 5. The zero-order valence-corrected chi connectivity index (χ0v) is 35.7. The first-order valence-corrected chi connectivity index (χ1v) is 21.9. The van der Waals surface area contributed by atoms with Crippen LogP contribution in [0.25, 0.3) is 22.0 Å². The molecule has 14 nitrogen and oxygen atoms in total. The average Bonchev–Trinajstić information content (AvgIpc) is 3.86. The number of benzene rings is 3. The van der Waals surface area contributed by atoms with Crippen molar-refractivity contribution in [3.05, 3.63) is 113 Å². The Kier molecular flexibility index (Phi) is 10.6. The lowest BCUT2D eigenvalue weighted by Gasteiger charge is -2.34. The molecule has 5 amide bonds. The molecule has 0 aliphatic carbocycles. The molecular formula is C48H48F2N10O4. The molecule has 4 aliphatic heterocycles. The van der Waals surface area contributed by atoms with Crippen LogP contribution >= 0.6 is 0 Å². The van der Waals surface area contributed by atoms with Crippen LogP contribution in [-0.4, -0.2) is 85.6 Å². The van der Waals surface area contributed by atoms with Crippen LogP contribution in [0.5, 0.6) is 0 Å². The summed E-state index contributed by atoms with van der Waals surface area (Å²) in [6.45, 7) is 4.55. The van der Waals surface area contributed by atoms with Crippen molar-refractivity contribution < 1.29 is 28.0 Å². The number of imide groups is 1. The van der Waals surface area contributed by atoms with E-state index >= 15 is 8.78 Å². The molecule has 2 N–H and O–H groups in total. The van der Waals surface area contributed by atoms with Gasteiger partial charge in [-0.25, -0.2) is 13.6 Å². The maximum atomic E-state index is 15.1. The molecule has 3 aromatic carbocycles. The Morgan fingerprint density at radius 1 is 0.844 bits per heavy atom. The lowest BCUT2D eigenvalue weighted by atomic mass is 9.91. The molecule has 2 fully saturated rings. The third-order valence-electron chi connectivity index (χ3n) is 13.2. The van der Waals surface area contributed by atoms with Gasteiger partial charge in [0.1, 0.15) is 0 Å². The highest BCUT2D eigenvalue weighted by molar-refractivity contribution is 6.05. The molecule has 0 spiro atoms. The first-order chi connectivity index (χ1) is 31.0. The number of carbonyl (C=O) groups is 4. The van der Waals surface area contributed by atoms with E-state index in [1.165, 1.54) is 4.90 Å². The number of likely N-dealkylation sites (tertiary alicyclic amines) is 1. The summed E-state index contributed by atoms with van der Waals surface area (Å²) in [5.74, 6) is 0.360. The van der Waals surface area contributed by atoms with Crippen molar-refractivity contribution in [2.75, 3.05) is 47.8 Å². The number of hydrogen-bond donors (Lipinski definition) is 2. The number of fused-ring (bicyclic) bond motifs is 3. The monoisotopic (exact) mass is 866 g/mol. The van der Waals surface area contributed by atoms with Gasteiger partial charge in [-0.2, -0.15) is 5.10 Å². The average molecular weight is 867 g/mol. The fraction of sp³-hybridized carbons (Fsp3) is 0.333. The summed E-state index contributed by atoms with van der Waals surface area (Å²) in [5.41, 5.74) is 8.71. The summed E-state index contributed by atoms with van der Waals surface area (Å²) < 4.78 is 34.3. The number of halogens is 2. The van der Waals surface area contributed by atoms with Gasteiger partial charge in [0.05, 0.1) is 18.1 Å². The molecule has 7 heterocycles. The highest BCUT2D eigenvalue weighted by Gasteiger charge is 2.35. The van der Waals surface area contributed by atoms with Gasteiger partial charge in [-0.1, -0.05) is 0 Å².